The van der Waals surface area contributed by atoms with Gasteiger partial charge < -0.3 is 4.74 Å². The summed E-state index contributed by atoms with van der Waals surface area (Å²) >= 11 is 0. The van der Waals surface area contributed by atoms with Gasteiger partial charge in [0, 0.05) is 7.11 Å². The number of Topliss-reactive ketones (excluding diaryl/α,β-unsaturated/α-hetero) is 1. The van der Waals surface area contributed by atoms with E-state index in [0.717, 1.165) is 18.2 Å². The van der Waals surface area contributed by atoms with Gasteiger partial charge in [0.1, 0.15) is 17.7 Å². The predicted molar refractivity (Wildman–Crippen MR) is 51.8 cm³/mol. The summed E-state index contributed by atoms with van der Waals surface area (Å²) in [5.74, 6) is -1.89. The molecule has 2 nitrogen and oxygen atoms in total. The zero-order valence-corrected chi connectivity index (χ0v) is 8.59. The molecule has 0 radical (unpaired) electrons. The van der Waals surface area contributed by atoms with E-state index in [0.29, 0.717) is 6.42 Å². The Morgan fingerprint density at radius 2 is 2.13 bits per heavy atom. The lowest BCUT2D eigenvalue weighted by Crippen LogP contribution is -2.23. The Balaban J connectivity index is 3.04. The maximum absolute atomic E-state index is 13.2. The van der Waals surface area contributed by atoms with E-state index in [1.807, 2.05) is 0 Å². The van der Waals surface area contributed by atoms with Gasteiger partial charge in [-0.15, -0.1) is 0 Å². The molecule has 1 aromatic carbocycles. The number of ether oxygens (including phenoxy) is 1. The predicted octanol–water partition coefficient (Wildman–Crippen LogP) is 2.57. The van der Waals surface area contributed by atoms with Crippen LogP contribution in [-0.4, -0.2) is 19.0 Å². The molecule has 1 aromatic rings. The van der Waals surface area contributed by atoms with Crippen LogP contribution in [0, 0.1) is 11.6 Å². The third kappa shape index (κ3) is 2.59. The van der Waals surface area contributed by atoms with Crippen molar-refractivity contribution in [2.24, 2.45) is 0 Å². The molecule has 15 heavy (non-hydrogen) atoms. The van der Waals surface area contributed by atoms with Crippen molar-refractivity contribution in [3.8, 4) is 0 Å². The van der Waals surface area contributed by atoms with Crippen LogP contribution in [0.3, 0.4) is 0 Å². The first kappa shape index (κ1) is 11.8. The van der Waals surface area contributed by atoms with E-state index in [9.17, 15) is 13.6 Å². The minimum atomic E-state index is -0.725. The molecule has 0 bridgehead atoms. The van der Waals surface area contributed by atoms with Crippen molar-refractivity contribution < 1.29 is 18.3 Å². The van der Waals surface area contributed by atoms with Crippen LogP contribution in [0.5, 0.6) is 0 Å². The molecule has 0 aromatic heterocycles. The fourth-order valence-electron chi connectivity index (χ4n) is 1.32. The molecule has 82 valence electrons. The summed E-state index contributed by atoms with van der Waals surface area (Å²) in [5, 5.41) is 0. The van der Waals surface area contributed by atoms with E-state index in [1.54, 1.807) is 6.92 Å². The molecule has 0 heterocycles. The van der Waals surface area contributed by atoms with Crippen LogP contribution in [0.4, 0.5) is 8.78 Å². The highest BCUT2D eigenvalue weighted by Gasteiger charge is 2.21. The van der Waals surface area contributed by atoms with Crippen molar-refractivity contribution in [1.29, 1.82) is 0 Å². The molecular formula is C11H12F2O2. The second-order valence-electron chi connectivity index (χ2n) is 3.12. The van der Waals surface area contributed by atoms with E-state index >= 15 is 0 Å². The number of carbonyl (C=O) groups excluding carboxylic acids is 1. The highest BCUT2D eigenvalue weighted by atomic mass is 19.1. The zero-order valence-electron chi connectivity index (χ0n) is 8.59. The quantitative estimate of drug-likeness (QED) is 0.720. The first-order valence-corrected chi connectivity index (χ1v) is 4.62. The number of rotatable bonds is 4. The molecule has 4 heteroatoms. The third-order valence-corrected chi connectivity index (χ3v) is 2.14. The monoisotopic (exact) mass is 214 g/mol. The number of benzene rings is 1. The van der Waals surface area contributed by atoms with Crippen LogP contribution < -0.4 is 0 Å². The van der Waals surface area contributed by atoms with Crippen LogP contribution in [0.2, 0.25) is 0 Å². The zero-order chi connectivity index (χ0) is 11.4. The standard InChI is InChI=1S/C11H12F2O2/c1-3-10(15-2)11(14)8-6-7(12)4-5-9(8)13/h4-6,10H,3H2,1-2H3. The Morgan fingerprint density at radius 1 is 1.47 bits per heavy atom. The number of carbonyl (C=O) groups is 1. The summed E-state index contributed by atoms with van der Waals surface area (Å²) in [6.07, 6.45) is -0.299. The van der Waals surface area contributed by atoms with Crippen molar-refractivity contribution >= 4 is 5.78 Å². The normalized spacial score (nSPS) is 12.5. The molecule has 1 unspecified atom stereocenters. The number of hydrogen-bond donors (Lipinski definition) is 0. The number of ketones is 1. The molecule has 0 spiro atoms. The summed E-state index contributed by atoms with van der Waals surface area (Å²) in [6, 6.07) is 2.80. The minimum Gasteiger partial charge on any atom is -0.373 e. The van der Waals surface area contributed by atoms with Gasteiger partial charge in [0.05, 0.1) is 5.56 Å². The van der Waals surface area contributed by atoms with E-state index in [2.05, 4.69) is 0 Å². The van der Waals surface area contributed by atoms with Crippen LogP contribution in [0.15, 0.2) is 18.2 Å². The van der Waals surface area contributed by atoms with Gasteiger partial charge in [-0.25, -0.2) is 8.78 Å². The van der Waals surface area contributed by atoms with Gasteiger partial charge in [0.25, 0.3) is 0 Å². The number of methoxy groups -OCH3 is 1. The van der Waals surface area contributed by atoms with Crippen molar-refractivity contribution in [3.05, 3.63) is 35.4 Å². The van der Waals surface area contributed by atoms with Gasteiger partial charge in [-0.05, 0) is 24.6 Å². The first-order valence-electron chi connectivity index (χ1n) is 4.62. The largest absolute Gasteiger partial charge is 0.373 e. The van der Waals surface area contributed by atoms with E-state index in [4.69, 9.17) is 4.74 Å². The molecule has 0 N–H and O–H groups in total. The maximum Gasteiger partial charge on any atom is 0.194 e. The Bertz CT molecular complexity index is 360. The van der Waals surface area contributed by atoms with Gasteiger partial charge >= 0.3 is 0 Å². The molecule has 0 aliphatic heterocycles. The number of hydrogen-bond acceptors (Lipinski definition) is 2. The van der Waals surface area contributed by atoms with Crippen molar-refractivity contribution in [3.63, 3.8) is 0 Å². The summed E-state index contributed by atoms with van der Waals surface area (Å²) in [5.41, 5.74) is -0.260. The van der Waals surface area contributed by atoms with E-state index in [1.165, 1.54) is 7.11 Å². The molecule has 1 atom stereocenters. The average Bonchev–Trinajstić information content (AvgIpc) is 2.23. The first-order chi connectivity index (χ1) is 7.10. The Hall–Kier alpha value is -1.29. The lowest BCUT2D eigenvalue weighted by atomic mass is 10.0. The SMILES string of the molecule is CCC(OC)C(=O)c1cc(F)ccc1F. The Labute approximate surface area is 86.9 Å². The van der Waals surface area contributed by atoms with Gasteiger partial charge in [-0.1, -0.05) is 6.92 Å². The molecule has 0 saturated carbocycles. The molecule has 0 aliphatic carbocycles. The average molecular weight is 214 g/mol. The molecule has 0 fully saturated rings. The van der Waals surface area contributed by atoms with Gasteiger partial charge in [0.15, 0.2) is 5.78 Å². The maximum atomic E-state index is 13.2. The topological polar surface area (TPSA) is 26.3 Å². The lowest BCUT2D eigenvalue weighted by Gasteiger charge is -2.11. The van der Waals surface area contributed by atoms with E-state index in [-0.39, 0.29) is 5.56 Å². The van der Waals surface area contributed by atoms with Gasteiger partial charge in [-0.2, -0.15) is 0 Å². The van der Waals surface area contributed by atoms with Crippen molar-refractivity contribution in [2.75, 3.05) is 7.11 Å². The summed E-state index contributed by atoms with van der Waals surface area (Å²) in [6.45, 7) is 1.74. The van der Waals surface area contributed by atoms with Crippen LogP contribution in [0.1, 0.15) is 23.7 Å². The summed E-state index contributed by atoms with van der Waals surface area (Å²) in [7, 11) is 1.36. The fraction of sp³-hybridized carbons (Fsp3) is 0.364. The molecule has 0 saturated heterocycles. The second kappa shape index (κ2) is 4.98. The second-order valence-corrected chi connectivity index (χ2v) is 3.12. The van der Waals surface area contributed by atoms with Crippen LogP contribution in [0.25, 0.3) is 0 Å². The highest BCUT2D eigenvalue weighted by molar-refractivity contribution is 5.99. The fourth-order valence-corrected chi connectivity index (χ4v) is 1.32. The van der Waals surface area contributed by atoms with Crippen molar-refractivity contribution in [2.45, 2.75) is 19.4 Å². The lowest BCUT2D eigenvalue weighted by molar-refractivity contribution is 0.0591. The smallest absolute Gasteiger partial charge is 0.194 e. The van der Waals surface area contributed by atoms with Crippen molar-refractivity contribution in [1.82, 2.24) is 0 Å². The third-order valence-electron chi connectivity index (χ3n) is 2.14. The molecule has 1 rings (SSSR count). The molecule has 0 aliphatic rings. The molecular weight excluding hydrogens is 202 g/mol. The Morgan fingerprint density at radius 3 is 2.67 bits per heavy atom. The Kier molecular flexibility index (Phi) is 3.91. The van der Waals surface area contributed by atoms with Crippen LogP contribution in [-0.2, 0) is 4.74 Å². The van der Waals surface area contributed by atoms with Gasteiger partial charge in [-0.3, -0.25) is 4.79 Å². The summed E-state index contributed by atoms with van der Waals surface area (Å²) < 4.78 is 30.9. The summed E-state index contributed by atoms with van der Waals surface area (Å²) in [4.78, 5) is 11.6. The van der Waals surface area contributed by atoms with Crippen LogP contribution >= 0.6 is 0 Å². The number of halogens is 2. The minimum absolute atomic E-state index is 0.260. The van der Waals surface area contributed by atoms with E-state index < -0.39 is 23.5 Å². The van der Waals surface area contributed by atoms with Gasteiger partial charge in [0.2, 0.25) is 0 Å². The molecule has 0 amide bonds. The highest BCUT2D eigenvalue weighted by Crippen LogP contribution is 2.14.